The molecule has 1 aromatic heterocycles. The molecule has 138 valence electrons. The Balaban J connectivity index is 1.64. The number of carbonyl (C=O) groups excluding carboxylic acids is 1. The van der Waals surface area contributed by atoms with Gasteiger partial charge in [-0.2, -0.15) is 0 Å². The minimum atomic E-state index is -0.214. The fourth-order valence-corrected chi connectivity index (χ4v) is 2.89. The number of para-hydroxylation sites is 1. The number of aromatic nitrogens is 1. The van der Waals surface area contributed by atoms with Crippen molar-refractivity contribution in [3.05, 3.63) is 88.9 Å². The van der Waals surface area contributed by atoms with Gasteiger partial charge in [0.25, 0.3) is 5.91 Å². The number of pyridine rings is 1. The number of nitrogens with one attached hydrogen (secondary N) is 2. The summed E-state index contributed by atoms with van der Waals surface area (Å²) >= 11 is 0. The molecule has 1 amide bonds. The van der Waals surface area contributed by atoms with E-state index in [0.717, 1.165) is 16.8 Å². The van der Waals surface area contributed by atoms with Crippen molar-refractivity contribution >= 4 is 17.4 Å². The fraction of sp³-hybridized carbons (Fsp3) is 0.182. The van der Waals surface area contributed by atoms with Gasteiger partial charge in [0.15, 0.2) is 0 Å². The van der Waals surface area contributed by atoms with Crippen molar-refractivity contribution in [2.24, 2.45) is 0 Å². The standard InChI is InChI=1S/C22H22FN3O/c1-15-6-5-7-16(2)21(15)26-22(27)18-11-13-25-20(14-18)24-12-10-17-8-3-4-9-19(17)23/h3-9,11,13-14H,10,12H2,1-2H3,(H,24,25)(H,26,27). The molecule has 2 N–H and O–H groups in total. The van der Waals surface area contributed by atoms with Crippen molar-refractivity contribution in [1.29, 1.82) is 0 Å². The third-order valence-electron chi connectivity index (χ3n) is 4.40. The first kappa shape index (κ1) is 18.6. The number of hydrogen-bond donors (Lipinski definition) is 2. The second kappa shape index (κ2) is 8.45. The van der Waals surface area contributed by atoms with Gasteiger partial charge in [-0.25, -0.2) is 9.37 Å². The number of hydrogen-bond acceptors (Lipinski definition) is 3. The summed E-state index contributed by atoms with van der Waals surface area (Å²) in [7, 11) is 0. The first-order chi connectivity index (χ1) is 13.0. The van der Waals surface area contributed by atoms with Gasteiger partial charge in [0.2, 0.25) is 0 Å². The van der Waals surface area contributed by atoms with Crippen molar-refractivity contribution in [2.75, 3.05) is 17.2 Å². The van der Waals surface area contributed by atoms with Gasteiger partial charge in [-0.15, -0.1) is 0 Å². The summed E-state index contributed by atoms with van der Waals surface area (Å²) in [5.41, 5.74) is 4.02. The van der Waals surface area contributed by atoms with Gasteiger partial charge in [-0.05, 0) is 55.2 Å². The highest BCUT2D eigenvalue weighted by Gasteiger charge is 2.10. The number of aryl methyl sites for hydroxylation is 2. The molecule has 0 aliphatic carbocycles. The van der Waals surface area contributed by atoms with E-state index >= 15 is 0 Å². The Morgan fingerprint density at radius 1 is 1.04 bits per heavy atom. The van der Waals surface area contributed by atoms with E-state index in [0.29, 0.717) is 29.9 Å². The van der Waals surface area contributed by atoms with Gasteiger partial charge in [0.05, 0.1) is 0 Å². The third-order valence-corrected chi connectivity index (χ3v) is 4.40. The maximum atomic E-state index is 13.7. The second-order valence-corrected chi connectivity index (χ2v) is 6.42. The molecule has 3 aromatic rings. The van der Waals surface area contributed by atoms with Crippen LogP contribution in [0, 0.1) is 19.7 Å². The van der Waals surface area contributed by atoms with Crippen molar-refractivity contribution < 1.29 is 9.18 Å². The molecule has 2 aromatic carbocycles. The number of nitrogens with zero attached hydrogens (tertiary/aromatic N) is 1. The van der Waals surface area contributed by atoms with E-state index in [4.69, 9.17) is 0 Å². The van der Waals surface area contributed by atoms with Gasteiger partial charge in [-0.3, -0.25) is 4.79 Å². The average Bonchev–Trinajstić information content (AvgIpc) is 2.66. The molecule has 0 saturated carbocycles. The Morgan fingerprint density at radius 2 is 1.78 bits per heavy atom. The van der Waals surface area contributed by atoms with E-state index in [2.05, 4.69) is 15.6 Å². The second-order valence-electron chi connectivity index (χ2n) is 6.42. The number of halogens is 1. The highest BCUT2D eigenvalue weighted by atomic mass is 19.1. The van der Waals surface area contributed by atoms with Crippen LogP contribution in [-0.4, -0.2) is 17.4 Å². The Hall–Kier alpha value is -3.21. The van der Waals surface area contributed by atoms with Crippen LogP contribution in [-0.2, 0) is 6.42 Å². The molecule has 27 heavy (non-hydrogen) atoms. The quantitative estimate of drug-likeness (QED) is 0.665. The lowest BCUT2D eigenvalue weighted by Gasteiger charge is -2.12. The van der Waals surface area contributed by atoms with E-state index in [-0.39, 0.29) is 11.7 Å². The average molecular weight is 363 g/mol. The van der Waals surface area contributed by atoms with E-state index < -0.39 is 0 Å². The largest absolute Gasteiger partial charge is 0.370 e. The Labute approximate surface area is 158 Å². The monoisotopic (exact) mass is 363 g/mol. The normalized spacial score (nSPS) is 10.5. The molecule has 3 rings (SSSR count). The smallest absolute Gasteiger partial charge is 0.255 e. The van der Waals surface area contributed by atoms with Gasteiger partial charge in [0.1, 0.15) is 11.6 Å². The zero-order chi connectivity index (χ0) is 19.2. The summed E-state index contributed by atoms with van der Waals surface area (Å²) in [5.74, 6) is 0.182. The van der Waals surface area contributed by atoms with Crippen molar-refractivity contribution in [1.82, 2.24) is 4.98 Å². The van der Waals surface area contributed by atoms with E-state index in [9.17, 15) is 9.18 Å². The van der Waals surface area contributed by atoms with Crippen LogP contribution in [0.1, 0.15) is 27.0 Å². The van der Waals surface area contributed by atoms with Crippen LogP contribution in [0.15, 0.2) is 60.8 Å². The van der Waals surface area contributed by atoms with Crippen LogP contribution < -0.4 is 10.6 Å². The Kier molecular flexibility index (Phi) is 5.81. The van der Waals surface area contributed by atoms with Crippen LogP contribution in [0.3, 0.4) is 0 Å². The summed E-state index contributed by atoms with van der Waals surface area (Å²) in [6.45, 7) is 4.45. The molecule has 0 unspecified atom stereocenters. The lowest BCUT2D eigenvalue weighted by Crippen LogP contribution is -2.15. The molecule has 0 spiro atoms. The molecule has 0 saturated heterocycles. The molecular weight excluding hydrogens is 341 g/mol. The number of amides is 1. The van der Waals surface area contributed by atoms with Crippen molar-refractivity contribution in [3.63, 3.8) is 0 Å². The van der Waals surface area contributed by atoms with Gasteiger partial charge in [-0.1, -0.05) is 36.4 Å². The predicted molar refractivity (Wildman–Crippen MR) is 107 cm³/mol. The Morgan fingerprint density at radius 3 is 2.52 bits per heavy atom. The predicted octanol–water partition coefficient (Wildman–Crippen LogP) is 4.74. The number of benzene rings is 2. The summed E-state index contributed by atoms with van der Waals surface area (Å²) in [6, 6.07) is 16.0. The first-order valence-corrected chi connectivity index (χ1v) is 8.85. The van der Waals surface area contributed by atoms with Crippen LogP contribution >= 0.6 is 0 Å². The zero-order valence-corrected chi connectivity index (χ0v) is 15.4. The molecule has 0 bridgehead atoms. The molecule has 0 fully saturated rings. The van der Waals surface area contributed by atoms with E-state index in [1.165, 1.54) is 6.07 Å². The number of anilines is 2. The molecule has 0 aliphatic rings. The van der Waals surface area contributed by atoms with Crippen LogP contribution in [0.5, 0.6) is 0 Å². The van der Waals surface area contributed by atoms with Gasteiger partial charge < -0.3 is 10.6 Å². The minimum Gasteiger partial charge on any atom is -0.370 e. The van der Waals surface area contributed by atoms with Crippen molar-refractivity contribution in [3.8, 4) is 0 Å². The minimum absolute atomic E-state index is 0.188. The molecule has 4 nitrogen and oxygen atoms in total. The Bertz CT molecular complexity index is 936. The van der Waals surface area contributed by atoms with Crippen LogP contribution in [0.2, 0.25) is 0 Å². The summed E-state index contributed by atoms with van der Waals surface area (Å²) in [4.78, 5) is 16.8. The summed E-state index contributed by atoms with van der Waals surface area (Å²) in [6.07, 6.45) is 2.12. The lowest BCUT2D eigenvalue weighted by atomic mass is 10.1. The fourth-order valence-electron chi connectivity index (χ4n) is 2.89. The molecule has 5 heteroatoms. The molecule has 0 atom stereocenters. The van der Waals surface area contributed by atoms with Gasteiger partial charge in [0, 0.05) is 24.0 Å². The molecule has 0 aliphatic heterocycles. The summed E-state index contributed by atoms with van der Waals surface area (Å²) < 4.78 is 13.7. The highest BCUT2D eigenvalue weighted by molar-refractivity contribution is 6.05. The maximum absolute atomic E-state index is 13.7. The zero-order valence-electron chi connectivity index (χ0n) is 15.4. The van der Waals surface area contributed by atoms with E-state index in [1.54, 1.807) is 30.5 Å². The van der Waals surface area contributed by atoms with E-state index in [1.807, 2.05) is 38.1 Å². The topological polar surface area (TPSA) is 54.0 Å². The lowest BCUT2D eigenvalue weighted by molar-refractivity contribution is 0.102. The SMILES string of the molecule is Cc1cccc(C)c1NC(=O)c1ccnc(NCCc2ccccc2F)c1. The van der Waals surface area contributed by atoms with Crippen LogP contribution in [0.4, 0.5) is 15.9 Å². The maximum Gasteiger partial charge on any atom is 0.255 e. The summed E-state index contributed by atoms with van der Waals surface area (Å²) in [5, 5.41) is 6.11. The van der Waals surface area contributed by atoms with Gasteiger partial charge >= 0.3 is 0 Å². The van der Waals surface area contributed by atoms with Crippen LogP contribution in [0.25, 0.3) is 0 Å². The molecular formula is C22H22FN3O. The number of carbonyl (C=O) groups is 1. The molecule has 0 radical (unpaired) electrons. The van der Waals surface area contributed by atoms with Crippen molar-refractivity contribution in [2.45, 2.75) is 20.3 Å². The molecule has 1 heterocycles. The third kappa shape index (κ3) is 4.70. The first-order valence-electron chi connectivity index (χ1n) is 8.85. The number of rotatable bonds is 6. The highest BCUT2D eigenvalue weighted by Crippen LogP contribution is 2.20.